The molecular weight excluding hydrogens is 246 g/mol. The fraction of sp³-hybridized carbons (Fsp3) is 0.600. The van der Waals surface area contributed by atoms with E-state index >= 15 is 0 Å². The van der Waals surface area contributed by atoms with E-state index in [9.17, 15) is 0 Å². The van der Waals surface area contributed by atoms with E-state index in [4.69, 9.17) is 16.3 Å². The van der Waals surface area contributed by atoms with Gasteiger partial charge in [-0.25, -0.2) is 0 Å². The quantitative estimate of drug-likeness (QED) is 0.679. The normalized spacial score (nSPS) is 10.6. The Hall–Kier alpha value is -0.730. The van der Waals surface area contributed by atoms with E-state index in [0.29, 0.717) is 5.02 Å². The van der Waals surface area contributed by atoms with E-state index in [1.807, 2.05) is 25.1 Å². The van der Waals surface area contributed by atoms with Gasteiger partial charge in [0.1, 0.15) is 5.75 Å². The van der Waals surface area contributed by atoms with Gasteiger partial charge >= 0.3 is 0 Å². The highest BCUT2D eigenvalue weighted by atomic mass is 35.5. The zero-order valence-electron chi connectivity index (χ0n) is 11.5. The molecule has 3 heteroatoms. The summed E-state index contributed by atoms with van der Waals surface area (Å²) in [6.45, 7) is 7.11. The summed E-state index contributed by atoms with van der Waals surface area (Å²) in [6.07, 6.45) is 4.82. The van der Waals surface area contributed by atoms with Crippen molar-refractivity contribution in [1.29, 1.82) is 0 Å². The molecule has 0 amide bonds. The number of rotatable bonds is 9. The van der Waals surface area contributed by atoms with Crippen molar-refractivity contribution < 1.29 is 4.74 Å². The largest absolute Gasteiger partial charge is 0.492 e. The van der Waals surface area contributed by atoms with Crippen LogP contribution in [0.15, 0.2) is 18.2 Å². The second-order valence-corrected chi connectivity index (χ2v) is 4.96. The molecule has 0 saturated heterocycles. The number of halogens is 1. The summed E-state index contributed by atoms with van der Waals surface area (Å²) in [5, 5.41) is 4.04. The zero-order chi connectivity index (χ0) is 13.2. The van der Waals surface area contributed by atoms with Crippen LogP contribution in [0.3, 0.4) is 0 Å². The molecular formula is C15H24ClNO. The van der Waals surface area contributed by atoms with E-state index in [2.05, 4.69) is 12.2 Å². The Morgan fingerprint density at radius 3 is 2.67 bits per heavy atom. The molecule has 1 aromatic carbocycles. The van der Waals surface area contributed by atoms with Crippen molar-refractivity contribution in [3.63, 3.8) is 0 Å². The van der Waals surface area contributed by atoms with Crippen LogP contribution in [0.4, 0.5) is 0 Å². The third-order valence-corrected chi connectivity index (χ3v) is 3.14. The molecule has 1 N–H and O–H groups in total. The van der Waals surface area contributed by atoms with Crippen molar-refractivity contribution in [3.05, 3.63) is 28.8 Å². The molecule has 0 saturated carbocycles. The van der Waals surface area contributed by atoms with Gasteiger partial charge in [0.25, 0.3) is 0 Å². The van der Waals surface area contributed by atoms with Crippen LogP contribution in [0.25, 0.3) is 0 Å². The molecule has 1 aromatic rings. The Balaban J connectivity index is 2.07. The molecule has 18 heavy (non-hydrogen) atoms. The zero-order valence-corrected chi connectivity index (χ0v) is 12.2. The van der Waals surface area contributed by atoms with Gasteiger partial charge in [0, 0.05) is 0 Å². The van der Waals surface area contributed by atoms with Gasteiger partial charge in [0.05, 0.1) is 11.6 Å². The highest BCUT2D eigenvalue weighted by molar-refractivity contribution is 6.32. The minimum atomic E-state index is 0.710. The molecule has 0 aliphatic rings. The van der Waals surface area contributed by atoms with Gasteiger partial charge in [-0.3, -0.25) is 0 Å². The number of hydrogen-bond donors (Lipinski definition) is 1. The average molecular weight is 270 g/mol. The summed E-state index contributed by atoms with van der Waals surface area (Å²) in [6, 6.07) is 5.91. The Labute approximate surface area is 116 Å². The Bertz CT molecular complexity index is 341. The molecule has 0 unspecified atom stereocenters. The van der Waals surface area contributed by atoms with Gasteiger partial charge < -0.3 is 10.1 Å². The van der Waals surface area contributed by atoms with Gasteiger partial charge in [-0.05, 0) is 50.6 Å². The first-order valence-corrected chi connectivity index (χ1v) is 7.21. The lowest BCUT2D eigenvalue weighted by Crippen LogP contribution is -2.13. The summed E-state index contributed by atoms with van der Waals surface area (Å²) in [7, 11) is 0. The van der Waals surface area contributed by atoms with Crippen LogP contribution in [-0.4, -0.2) is 19.7 Å². The van der Waals surface area contributed by atoms with Crippen LogP contribution in [0.5, 0.6) is 5.75 Å². The summed E-state index contributed by atoms with van der Waals surface area (Å²) in [5.74, 6) is 0.801. The van der Waals surface area contributed by atoms with E-state index in [1.165, 1.54) is 19.3 Å². The standard InChI is InChI=1S/C15H24ClNO/c1-3-17-10-6-4-5-7-11-18-15-9-8-13(2)12-14(15)16/h8-9,12,17H,3-7,10-11H2,1-2H3. The molecule has 0 atom stereocenters. The molecule has 0 aliphatic heterocycles. The topological polar surface area (TPSA) is 21.3 Å². The highest BCUT2D eigenvalue weighted by Gasteiger charge is 2.00. The first-order valence-electron chi connectivity index (χ1n) is 6.83. The summed E-state index contributed by atoms with van der Waals surface area (Å²) < 4.78 is 5.67. The van der Waals surface area contributed by atoms with Crippen molar-refractivity contribution in [2.24, 2.45) is 0 Å². The number of aryl methyl sites for hydroxylation is 1. The predicted octanol–water partition coefficient (Wildman–Crippen LogP) is 4.20. The summed E-state index contributed by atoms with van der Waals surface area (Å²) >= 11 is 6.09. The van der Waals surface area contributed by atoms with Gasteiger partial charge in [-0.2, -0.15) is 0 Å². The predicted molar refractivity (Wildman–Crippen MR) is 78.7 cm³/mol. The molecule has 1 rings (SSSR count). The lowest BCUT2D eigenvalue weighted by atomic mass is 10.2. The second kappa shape index (κ2) is 9.23. The third kappa shape index (κ3) is 6.27. The maximum absolute atomic E-state index is 6.09. The number of nitrogens with one attached hydrogen (secondary N) is 1. The van der Waals surface area contributed by atoms with Gasteiger partial charge in [-0.1, -0.05) is 37.4 Å². The molecule has 0 heterocycles. The molecule has 0 radical (unpaired) electrons. The third-order valence-electron chi connectivity index (χ3n) is 2.84. The van der Waals surface area contributed by atoms with Crippen molar-refractivity contribution in [2.75, 3.05) is 19.7 Å². The van der Waals surface area contributed by atoms with E-state index < -0.39 is 0 Å². The summed E-state index contributed by atoms with van der Waals surface area (Å²) in [4.78, 5) is 0. The lowest BCUT2D eigenvalue weighted by molar-refractivity contribution is 0.304. The number of unbranched alkanes of at least 4 members (excludes halogenated alkanes) is 3. The molecule has 2 nitrogen and oxygen atoms in total. The van der Waals surface area contributed by atoms with Crippen molar-refractivity contribution in [1.82, 2.24) is 5.32 Å². The Morgan fingerprint density at radius 2 is 1.94 bits per heavy atom. The van der Waals surface area contributed by atoms with Crippen LogP contribution >= 0.6 is 11.6 Å². The first kappa shape index (κ1) is 15.3. The summed E-state index contributed by atoms with van der Waals surface area (Å²) in [5.41, 5.74) is 1.16. The number of ether oxygens (including phenoxy) is 1. The molecule has 0 fully saturated rings. The fourth-order valence-corrected chi connectivity index (χ4v) is 2.08. The van der Waals surface area contributed by atoms with Crippen LogP contribution in [0, 0.1) is 6.92 Å². The number of hydrogen-bond acceptors (Lipinski definition) is 2. The van der Waals surface area contributed by atoms with Crippen molar-refractivity contribution >= 4 is 11.6 Å². The van der Waals surface area contributed by atoms with Crippen molar-refractivity contribution in [3.8, 4) is 5.75 Å². The van der Waals surface area contributed by atoms with Gasteiger partial charge in [0.2, 0.25) is 0 Å². The molecule has 0 spiro atoms. The van der Waals surface area contributed by atoms with E-state index in [0.717, 1.165) is 37.4 Å². The van der Waals surface area contributed by atoms with Gasteiger partial charge in [0.15, 0.2) is 0 Å². The molecule has 0 aliphatic carbocycles. The average Bonchev–Trinajstić information content (AvgIpc) is 2.35. The molecule has 0 aromatic heterocycles. The molecule has 102 valence electrons. The van der Waals surface area contributed by atoms with Gasteiger partial charge in [-0.15, -0.1) is 0 Å². The second-order valence-electron chi connectivity index (χ2n) is 4.55. The molecule has 0 bridgehead atoms. The van der Waals surface area contributed by atoms with Crippen LogP contribution < -0.4 is 10.1 Å². The Kier molecular flexibility index (Phi) is 7.86. The fourth-order valence-electron chi connectivity index (χ4n) is 1.79. The minimum absolute atomic E-state index is 0.710. The van der Waals surface area contributed by atoms with Crippen LogP contribution in [0.2, 0.25) is 5.02 Å². The number of benzene rings is 1. The smallest absolute Gasteiger partial charge is 0.137 e. The van der Waals surface area contributed by atoms with Crippen molar-refractivity contribution in [2.45, 2.75) is 39.5 Å². The lowest BCUT2D eigenvalue weighted by Gasteiger charge is -2.08. The maximum Gasteiger partial charge on any atom is 0.137 e. The first-order chi connectivity index (χ1) is 8.74. The Morgan fingerprint density at radius 1 is 1.17 bits per heavy atom. The highest BCUT2D eigenvalue weighted by Crippen LogP contribution is 2.25. The van der Waals surface area contributed by atoms with Crippen LogP contribution in [0.1, 0.15) is 38.2 Å². The monoisotopic (exact) mass is 269 g/mol. The SMILES string of the molecule is CCNCCCCCCOc1ccc(C)cc1Cl. The van der Waals surface area contributed by atoms with E-state index in [-0.39, 0.29) is 0 Å². The maximum atomic E-state index is 6.09. The van der Waals surface area contributed by atoms with E-state index in [1.54, 1.807) is 0 Å². The van der Waals surface area contributed by atoms with Crippen LogP contribution in [-0.2, 0) is 0 Å². The minimum Gasteiger partial charge on any atom is -0.492 e.